The Hall–Kier alpha value is -1.55. The van der Waals surface area contributed by atoms with E-state index in [4.69, 9.17) is 10.5 Å². The number of nitrogens with one attached hydrogen (secondary N) is 1. The molecule has 0 spiro atoms. The van der Waals surface area contributed by atoms with Crippen LogP contribution in [-0.4, -0.2) is 26.1 Å². The maximum Gasteiger partial charge on any atom is 0.255 e. The Balaban J connectivity index is 2.70. The molecule has 1 amide bonds. The minimum Gasteiger partial charge on any atom is -0.496 e. The molecule has 17 heavy (non-hydrogen) atoms. The van der Waals surface area contributed by atoms with Gasteiger partial charge in [-0.15, -0.1) is 0 Å². The van der Waals surface area contributed by atoms with Crippen LogP contribution >= 0.6 is 0 Å². The molecule has 1 aromatic rings. The lowest BCUT2D eigenvalue weighted by molar-refractivity contribution is 0.0935. The van der Waals surface area contributed by atoms with Crippen LogP contribution in [0.2, 0.25) is 0 Å². The van der Waals surface area contributed by atoms with E-state index in [1.165, 1.54) is 0 Å². The van der Waals surface area contributed by atoms with Crippen LogP contribution in [0.4, 0.5) is 0 Å². The number of hydrogen-bond donors (Lipinski definition) is 2. The summed E-state index contributed by atoms with van der Waals surface area (Å²) in [6, 6.07) is 7.15. The first kappa shape index (κ1) is 13.5. The topological polar surface area (TPSA) is 64.3 Å². The van der Waals surface area contributed by atoms with E-state index in [0.717, 1.165) is 0 Å². The summed E-state index contributed by atoms with van der Waals surface area (Å²) in [4.78, 5) is 12.0. The molecule has 0 atom stereocenters. The van der Waals surface area contributed by atoms with Crippen LogP contribution in [-0.2, 0) is 0 Å². The summed E-state index contributed by atoms with van der Waals surface area (Å²) in [5, 5.41) is 2.87. The molecular formula is C13H20N2O2. The number of methoxy groups -OCH3 is 1. The fourth-order valence-corrected chi connectivity index (χ4v) is 1.32. The number of benzene rings is 1. The molecule has 1 rings (SSSR count). The van der Waals surface area contributed by atoms with E-state index in [1.54, 1.807) is 19.2 Å². The Morgan fingerprint density at radius 3 is 2.65 bits per heavy atom. The third-order valence-electron chi connectivity index (χ3n) is 2.63. The Bertz CT molecular complexity index is 389. The van der Waals surface area contributed by atoms with Crippen LogP contribution in [0.5, 0.6) is 5.75 Å². The molecule has 0 aliphatic rings. The van der Waals surface area contributed by atoms with Gasteiger partial charge < -0.3 is 15.8 Å². The van der Waals surface area contributed by atoms with Crippen LogP contribution in [0.15, 0.2) is 24.3 Å². The van der Waals surface area contributed by atoms with Crippen LogP contribution in [0.1, 0.15) is 24.2 Å². The first-order valence-electron chi connectivity index (χ1n) is 5.61. The molecule has 0 heterocycles. The number of carbonyl (C=O) groups is 1. The fourth-order valence-electron chi connectivity index (χ4n) is 1.32. The zero-order valence-electron chi connectivity index (χ0n) is 10.6. The molecule has 3 N–H and O–H groups in total. The molecule has 0 aliphatic heterocycles. The molecule has 4 heteroatoms. The zero-order chi connectivity index (χ0) is 12.9. The molecular weight excluding hydrogens is 216 g/mol. The average molecular weight is 236 g/mol. The normalized spacial score (nSPS) is 11.1. The maximum atomic E-state index is 12.0. The number of hydrogen-bond acceptors (Lipinski definition) is 3. The van der Waals surface area contributed by atoms with Crippen LogP contribution in [0.25, 0.3) is 0 Å². The largest absolute Gasteiger partial charge is 0.496 e. The fraction of sp³-hybridized carbons (Fsp3) is 0.462. The average Bonchev–Trinajstić information content (AvgIpc) is 2.36. The number of ether oxygens (including phenoxy) is 1. The molecule has 0 aromatic heterocycles. The van der Waals surface area contributed by atoms with Crippen LogP contribution < -0.4 is 15.8 Å². The van der Waals surface area contributed by atoms with Crippen molar-refractivity contribution >= 4 is 5.91 Å². The second-order valence-electron chi connectivity index (χ2n) is 4.75. The molecule has 0 saturated heterocycles. The highest BCUT2D eigenvalue weighted by molar-refractivity contribution is 5.96. The zero-order valence-corrected chi connectivity index (χ0v) is 10.6. The molecule has 0 fully saturated rings. The van der Waals surface area contributed by atoms with Gasteiger partial charge in [0.1, 0.15) is 5.75 Å². The Labute approximate surface area is 102 Å². The number of carbonyl (C=O) groups excluding carboxylic acids is 1. The van der Waals surface area contributed by atoms with Gasteiger partial charge in [-0.3, -0.25) is 4.79 Å². The van der Waals surface area contributed by atoms with Gasteiger partial charge in [0.25, 0.3) is 5.91 Å². The lowest BCUT2D eigenvalue weighted by Gasteiger charge is -2.22. The van der Waals surface area contributed by atoms with Gasteiger partial charge in [0.05, 0.1) is 12.7 Å². The van der Waals surface area contributed by atoms with Crippen LogP contribution in [0, 0.1) is 5.41 Å². The third-order valence-corrected chi connectivity index (χ3v) is 2.63. The van der Waals surface area contributed by atoms with Crippen molar-refractivity contribution in [2.75, 3.05) is 20.2 Å². The highest BCUT2D eigenvalue weighted by atomic mass is 16.5. The van der Waals surface area contributed by atoms with E-state index in [9.17, 15) is 4.79 Å². The van der Waals surface area contributed by atoms with Gasteiger partial charge >= 0.3 is 0 Å². The van der Waals surface area contributed by atoms with E-state index < -0.39 is 0 Å². The van der Waals surface area contributed by atoms with Gasteiger partial charge in [0.15, 0.2) is 0 Å². The van der Waals surface area contributed by atoms with Gasteiger partial charge in [-0.2, -0.15) is 0 Å². The number of nitrogens with two attached hydrogens (primary N) is 1. The van der Waals surface area contributed by atoms with Gasteiger partial charge in [0.2, 0.25) is 0 Å². The maximum absolute atomic E-state index is 12.0. The van der Waals surface area contributed by atoms with Crippen molar-refractivity contribution in [1.29, 1.82) is 0 Å². The summed E-state index contributed by atoms with van der Waals surface area (Å²) < 4.78 is 5.14. The Morgan fingerprint density at radius 1 is 1.41 bits per heavy atom. The van der Waals surface area contributed by atoms with Gasteiger partial charge in [-0.1, -0.05) is 26.0 Å². The minimum atomic E-state index is -0.135. The molecule has 0 aliphatic carbocycles. The predicted molar refractivity (Wildman–Crippen MR) is 68.2 cm³/mol. The van der Waals surface area contributed by atoms with E-state index in [0.29, 0.717) is 24.4 Å². The molecule has 0 unspecified atom stereocenters. The summed E-state index contributed by atoms with van der Waals surface area (Å²) in [5.74, 6) is 0.444. The SMILES string of the molecule is COc1ccccc1C(=O)NCC(C)(C)CN. The van der Waals surface area contributed by atoms with Crippen molar-refractivity contribution < 1.29 is 9.53 Å². The first-order chi connectivity index (χ1) is 8.00. The second kappa shape index (κ2) is 5.68. The van der Waals surface area contributed by atoms with Crippen molar-refractivity contribution in [2.24, 2.45) is 11.1 Å². The van der Waals surface area contributed by atoms with Gasteiger partial charge in [-0.05, 0) is 24.1 Å². The van der Waals surface area contributed by atoms with Crippen molar-refractivity contribution in [3.63, 3.8) is 0 Å². The quantitative estimate of drug-likeness (QED) is 0.812. The van der Waals surface area contributed by atoms with Gasteiger partial charge in [-0.25, -0.2) is 0 Å². The minimum absolute atomic E-state index is 0.0995. The number of rotatable bonds is 5. The highest BCUT2D eigenvalue weighted by Crippen LogP contribution is 2.17. The number of para-hydroxylation sites is 1. The van der Waals surface area contributed by atoms with E-state index in [-0.39, 0.29) is 11.3 Å². The summed E-state index contributed by atoms with van der Waals surface area (Å²) in [5.41, 5.74) is 6.06. The lowest BCUT2D eigenvalue weighted by Crippen LogP contribution is -2.38. The van der Waals surface area contributed by atoms with Crippen molar-refractivity contribution in [3.8, 4) is 5.75 Å². The summed E-state index contributed by atoms with van der Waals surface area (Å²) in [6.07, 6.45) is 0. The lowest BCUT2D eigenvalue weighted by atomic mass is 9.94. The molecule has 4 nitrogen and oxygen atoms in total. The first-order valence-corrected chi connectivity index (χ1v) is 5.61. The molecule has 1 aromatic carbocycles. The predicted octanol–water partition coefficient (Wildman–Crippen LogP) is 1.41. The Kier molecular flexibility index (Phi) is 4.52. The van der Waals surface area contributed by atoms with Crippen molar-refractivity contribution in [2.45, 2.75) is 13.8 Å². The van der Waals surface area contributed by atoms with Crippen LogP contribution in [0.3, 0.4) is 0 Å². The molecule has 0 bridgehead atoms. The van der Waals surface area contributed by atoms with Crippen molar-refractivity contribution in [1.82, 2.24) is 5.32 Å². The number of amides is 1. The smallest absolute Gasteiger partial charge is 0.255 e. The third kappa shape index (κ3) is 3.75. The van der Waals surface area contributed by atoms with E-state index in [2.05, 4.69) is 5.32 Å². The monoisotopic (exact) mass is 236 g/mol. The highest BCUT2D eigenvalue weighted by Gasteiger charge is 2.18. The second-order valence-corrected chi connectivity index (χ2v) is 4.75. The van der Waals surface area contributed by atoms with Crippen molar-refractivity contribution in [3.05, 3.63) is 29.8 Å². The molecule has 0 radical (unpaired) electrons. The summed E-state index contributed by atoms with van der Waals surface area (Å²) in [7, 11) is 1.55. The van der Waals surface area contributed by atoms with Gasteiger partial charge in [0, 0.05) is 6.54 Å². The molecule has 0 saturated carbocycles. The Morgan fingerprint density at radius 2 is 2.06 bits per heavy atom. The van der Waals surface area contributed by atoms with E-state index in [1.807, 2.05) is 26.0 Å². The standard InChI is InChI=1S/C13H20N2O2/c1-13(2,8-14)9-15-12(16)10-6-4-5-7-11(10)17-3/h4-7H,8-9,14H2,1-3H3,(H,15,16). The summed E-state index contributed by atoms with van der Waals surface area (Å²) in [6.45, 7) is 5.09. The summed E-state index contributed by atoms with van der Waals surface area (Å²) >= 11 is 0. The van der Waals surface area contributed by atoms with E-state index >= 15 is 0 Å². The molecule has 94 valence electrons.